The fraction of sp³-hybridized carbons (Fsp3) is 0.440. The third kappa shape index (κ3) is 4.61. The van der Waals surface area contributed by atoms with Gasteiger partial charge in [0.15, 0.2) is 0 Å². The molecule has 1 unspecified atom stereocenters. The molecule has 0 radical (unpaired) electrons. The lowest BCUT2D eigenvalue weighted by Crippen LogP contribution is -2.38. The highest BCUT2D eigenvalue weighted by Crippen LogP contribution is 2.40. The molecule has 1 saturated heterocycles. The Bertz CT molecular complexity index is 1100. The van der Waals surface area contributed by atoms with Gasteiger partial charge in [-0.25, -0.2) is 4.79 Å². The van der Waals surface area contributed by atoms with Crippen LogP contribution in [0.25, 0.3) is 5.76 Å². The van der Waals surface area contributed by atoms with Gasteiger partial charge in [0.1, 0.15) is 11.5 Å². The van der Waals surface area contributed by atoms with E-state index in [1.165, 1.54) is 4.90 Å². The Hall–Kier alpha value is -3.46. The molecule has 3 rings (SSSR count). The van der Waals surface area contributed by atoms with E-state index in [4.69, 9.17) is 4.74 Å². The molecule has 3 heterocycles. The Morgan fingerprint density at radius 2 is 1.82 bits per heavy atom. The number of likely N-dealkylation sites (N-methyl/N-ethyl adjacent to an activating group) is 1. The summed E-state index contributed by atoms with van der Waals surface area (Å²) in [7, 11) is 0. The Balaban J connectivity index is 2.14. The standard InChI is InChI=1S/C25H32N4O5/c1-6-28(7-2)13-14-29-21(17-9-11-26-12-10-17)19(23(31)24(29)32)22(30)18-15(4)20(27-16(18)5)25(33)34-8-3/h9-12,21,27,30H,6-8,13-14H2,1-5H3. The van der Waals surface area contributed by atoms with E-state index in [0.29, 0.717) is 35.5 Å². The van der Waals surface area contributed by atoms with Crippen LogP contribution in [0.15, 0.2) is 30.1 Å². The van der Waals surface area contributed by atoms with Crippen LogP contribution in [0.3, 0.4) is 0 Å². The Morgan fingerprint density at radius 1 is 1.18 bits per heavy atom. The Labute approximate surface area is 199 Å². The fourth-order valence-electron chi connectivity index (χ4n) is 4.44. The third-order valence-corrected chi connectivity index (χ3v) is 6.27. The van der Waals surface area contributed by atoms with Crippen LogP contribution >= 0.6 is 0 Å². The first kappa shape index (κ1) is 25.2. The first-order valence-electron chi connectivity index (χ1n) is 11.5. The van der Waals surface area contributed by atoms with Crippen LogP contribution in [0.4, 0.5) is 0 Å². The lowest BCUT2D eigenvalue weighted by molar-refractivity contribution is -0.140. The number of amides is 1. The summed E-state index contributed by atoms with van der Waals surface area (Å²) in [5.74, 6) is -2.27. The number of aromatic nitrogens is 2. The highest BCUT2D eigenvalue weighted by molar-refractivity contribution is 6.46. The summed E-state index contributed by atoms with van der Waals surface area (Å²) >= 11 is 0. The van der Waals surface area contributed by atoms with E-state index in [-0.39, 0.29) is 23.6 Å². The van der Waals surface area contributed by atoms with Crippen molar-refractivity contribution in [3.8, 4) is 0 Å². The zero-order chi connectivity index (χ0) is 25.0. The van der Waals surface area contributed by atoms with Crippen molar-refractivity contribution >= 4 is 23.4 Å². The van der Waals surface area contributed by atoms with E-state index < -0.39 is 23.7 Å². The van der Waals surface area contributed by atoms with E-state index in [1.54, 1.807) is 45.3 Å². The number of hydrogen-bond donors (Lipinski definition) is 2. The first-order valence-corrected chi connectivity index (χ1v) is 11.5. The van der Waals surface area contributed by atoms with Crippen molar-refractivity contribution < 1.29 is 24.2 Å². The zero-order valence-electron chi connectivity index (χ0n) is 20.3. The average Bonchev–Trinajstić information content (AvgIpc) is 3.27. The largest absolute Gasteiger partial charge is 0.507 e. The number of carbonyl (C=O) groups excluding carboxylic acids is 3. The van der Waals surface area contributed by atoms with Crippen molar-refractivity contribution in [3.05, 3.63) is 58.2 Å². The number of likely N-dealkylation sites (tertiary alicyclic amines) is 1. The summed E-state index contributed by atoms with van der Waals surface area (Å²) in [5.41, 5.74) is 2.15. The van der Waals surface area contributed by atoms with Gasteiger partial charge in [-0.3, -0.25) is 14.6 Å². The summed E-state index contributed by atoms with van der Waals surface area (Å²) in [6, 6.07) is 2.70. The minimum Gasteiger partial charge on any atom is -0.507 e. The number of ketones is 1. The van der Waals surface area contributed by atoms with Crippen molar-refractivity contribution in [2.75, 3.05) is 32.8 Å². The van der Waals surface area contributed by atoms with Crippen LogP contribution in [-0.2, 0) is 14.3 Å². The molecule has 0 aliphatic carbocycles. The van der Waals surface area contributed by atoms with Crippen LogP contribution in [0.1, 0.15) is 59.7 Å². The van der Waals surface area contributed by atoms with Gasteiger partial charge in [0, 0.05) is 36.7 Å². The van der Waals surface area contributed by atoms with Gasteiger partial charge in [0.25, 0.3) is 11.7 Å². The van der Waals surface area contributed by atoms with Gasteiger partial charge in [-0.2, -0.15) is 0 Å². The Kier molecular flexibility index (Phi) is 7.88. The molecule has 1 amide bonds. The summed E-state index contributed by atoms with van der Waals surface area (Å²) in [6.07, 6.45) is 3.18. The second kappa shape index (κ2) is 10.6. The molecule has 9 heteroatoms. The predicted octanol–water partition coefficient (Wildman–Crippen LogP) is 2.97. The maximum absolute atomic E-state index is 13.2. The number of esters is 1. The molecule has 1 atom stereocenters. The average molecular weight is 469 g/mol. The fourth-order valence-corrected chi connectivity index (χ4v) is 4.44. The molecule has 1 fully saturated rings. The number of rotatable bonds is 9. The van der Waals surface area contributed by atoms with Gasteiger partial charge in [-0.15, -0.1) is 0 Å². The lowest BCUT2D eigenvalue weighted by Gasteiger charge is -2.28. The first-order chi connectivity index (χ1) is 16.3. The van der Waals surface area contributed by atoms with Crippen LogP contribution < -0.4 is 0 Å². The lowest BCUT2D eigenvalue weighted by atomic mass is 9.94. The zero-order valence-corrected chi connectivity index (χ0v) is 20.3. The smallest absolute Gasteiger partial charge is 0.355 e. The number of carbonyl (C=O) groups is 3. The summed E-state index contributed by atoms with van der Waals surface area (Å²) in [4.78, 5) is 49.3. The monoisotopic (exact) mass is 468 g/mol. The SMILES string of the molecule is CCOC(=O)c1[nH]c(C)c(C(O)=C2C(=O)C(=O)N(CCN(CC)CC)C2c2ccncc2)c1C. The number of nitrogens with one attached hydrogen (secondary N) is 1. The van der Waals surface area contributed by atoms with Crippen LogP contribution in [-0.4, -0.2) is 75.3 Å². The van der Waals surface area contributed by atoms with Gasteiger partial charge in [0.05, 0.1) is 18.2 Å². The number of hydrogen-bond acceptors (Lipinski definition) is 7. The Morgan fingerprint density at radius 3 is 2.41 bits per heavy atom. The number of aliphatic hydroxyl groups is 1. The minimum absolute atomic E-state index is 0.00337. The molecule has 0 aromatic carbocycles. The van der Waals surface area contributed by atoms with E-state index in [0.717, 1.165) is 13.1 Å². The summed E-state index contributed by atoms with van der Waals surface area (Å²) < 4.78 is 5.09. The maximum atomic E-state index is 13.2. The molecule has 0 spiro atoms. The molecular weight excluding hydrogens is 436 g/mol. The van der Waals surface area contributed by atoms with Crippen molar-refractivity contribution in [1.82, 2.24) is 19.8 Å². The van der Waals surface area contributed by atoms with Crippen molar-refractivity contribution in [1.29, 1.82) is 0 Å². The van der Waals surface area contributed by atoms with Crippen LogP contribution in [0, 0.1) is 13.8 Å². The van der Waals surface area contributed by atoms with Gasteiger partial charge in [-0.05, 0) is 57.1 Å². The number of nitrogens with zero attached hydrogens (tertiary/aromatic N) is 3. The normalized spacial score (nSPS) is 17.6. The molecular formula is C25H32N4O5. The number of aryl methyl sites for hydroxylation is 1. The number of ether oxygens (including phenoxy) is 1. The second-order valence-corrected chi connectivity index (χ2v) is 8.15. The molecule has 182 valence electrons. The van der Waals surface area contributed by atoms with E-state index in [9.17, 15) is 19.5 Å². The van der Waals surface area contributed by atoms with Crippen molar-refractivity contribution in [3.63, 3.8) is 0 Å². The predicted molar refractivity (Wildman–Crippen MR) is 127 cm³/mol. The van der Waals surface area contributed by atoms with Gasteiger partial charge in [0.2, 0.25) is 0 Å². The van der Waals surface area contributed by atoms with Crippen molar-refractivity contribution in [2.24, 2.45) is 0 Å². The molecule has 1 aliphatic heterocycles. The highest BCUT2D eigenvalue weighted by Gasteiger charge is 2.46. The summed E-state index contributed by atoms with van der Waals surface area (Å²) in [5, 5.41) is 11.4. The number of H-pyrrole nitrogens is 1. The molecule has 2 aromatic rings. The third-order valence-electron chi connectivity index (χ3n) is 6.27. The topological polar surface area (TPSA) is 116 Å². The van der Waals surface area contributed by atoms with Gasteiger partial charge < -0.3 is 24.6 Å². The van der Waals surface area contributed by atoms with Crippen LogP contribution in [0.5, 0.6) is 0 Å². The van der Waals surface area contributed by atoms with Crippen LogP contribution in [0.2, 0.25) is 0 Å². The quantitative estimate of drug-likeness (QED) is 0.252. The van der Waals surface area contributed by atoms with Gasteiger partial charge >= 0.3 is 5.97 Å². The molecule has 0 bridgehead atoms. The number of aliphatic hydroxyl groups excluding tert-OH is 1. The number of aromatic amines is 1. The number of Topliss-reactive ketones (excluding diaryl/α,β-unsaturated/α-hetero) is 1. The molecule has 9 nitrogen and oxygen atoms in total. The number of pyridine rings is 1. The molecule has 2 aromatic heterocycles. The molecule has 0 saturated carbocycles. The molecule has 2 N–H and O–H groups in total. The minimum atomic E-state index is -0.765. The van der Waals surface area contributed by atoms with E-state index in [2.05, 4.69) is 14.9 Å². The van der Waals surface area contributed by atoms with Crippen molar-refractivity contribution in [2.45, 2.75) is 40.7 Å². The molecule has 1 aliphatic rings. The highest BCUT2D eigenvalue weighted by atomic mass is 16.5. The van der Waals surface area contributed by atoms with E-state index in [1.807, 2.05) is 13.8 Å². The maximum Gasteiger partial charge on any atom is 0.355 e. The summed E-state index contributed by atoms with van der Waals surface area (Å²) in [6.45, 7) is 11.9. The van der Waals surface area contributed by atoms with E-state index >= 15 is 0 Å². The second-order valence-electron chi connectivity index (χ2n) is 8.15. The molecule has 34 heavy (non-hydrogen) atoms. The van der Waals surface area contributed by atoms with Gasteiger partial charge in [-0.1, -0.05) is 13.8 Å².